The van der Waals surface area contributed by atoms with Crippen molar-refractivity contribution in [2.24, 2.45) is 11.3 Å². The first-order valence-electron chi connectivity index (χ1n) is 8.62. The molecule has 2 bridgehead atoms. The molecule has 0 saturated carbocycles. The minimum atomic E-state index is 0.362. The highest BCUT2D eigenvalue weighted by atomic mass is 16.2. The Hall–Kier alpha value is -0.570. The van der Waals surface area contributed by atoms with Gasteiger partial charge in [0.05, 0.1) is 0 Å². The summed E-state index contributed by atoms with van der Waals surface area (Å²) < 4.78 is 0. The van der Waals surface area contributed by atoms with Crippen LogP contribution in [0.5, 0.6) is 0 Å². The van der Waals surface area contributed by atoms with Crippen LogP contribution in [0.25, 0.3) is 0 Å². The normalized spacial score (nSPS) is 40.9. The Morgan fingerprint density at radius 3 is 2.65 bits per heavy atom. The minimum absolute atomic E-state index is 0.362. The summed E-state index contributed by atoms with van der Waals surface area (Å²) in [7, 11) is 0. The highest BCUT2D eigenvalue weighted by molar-refractivity contribution is 5.76. The molecule has 3 rings (SSSR count). The van der Waals surface area contributed by atoms with E-state index < -0.39 is 0 Å². The molecule has 0 spiro atoms. The number of nitrogens with zero attached hydrogens (tertiary/aromatic N) is 1. The van der Waals surface area contributed by atoms with Crippen LogP contribution in [0.2, 0.25) is 0 Å². The molecule has 0 aliphatic carbocycles. The Balaban J connectivity index is 1.54. The number of piperidine rings is 2. The number of carbonyl (C=O) groups excluding carboxylic acids is 1. The van der Waals surface area contributed by atoms with E-state index in [4.69, 9.17) is 0 Å². The average molecular weight is 278 g/mol. The second kappa shape index (κ2) is 5.67. The molecule has 114 valence electrons. The van der Waals surface area contributed by atoms with Crippen LogP contribution in [0.4, 0.5) is 0 Å². The summed E-state index contributed by atoms with van der Waals surface area (Å²) in [6.07, 6.45) is 9.56. The van der Waals surface area contributed by atoms with Gasteiger partial charge < -0.3 is 10.2 Å². The molecule has 0 aromatic carbocycles. The second-order valence-corrected chi connectivity index (χ2v) is 7.76. The predicted molar refractivity (Wildman–Crippen MR) is 81.5 cm³/mol. The minimum Gasteiger partial charge on any atom is -0.342 e. The fraction of sp³-hybridized carbons (Fsp3) is 0.941. The van der Waals surface area contributed by atoms with Crippen LogP contribution in [0.3, 0.4) is 0 Å². The van der Waals surface area contributed by atoms with E-state index in [9.17, 15) is 4.79 Å². The zero-order valence-electron chi connectivity index (χ0n) is 13.2. The number of hydrogen-bond acceptors (Lipinski definition) is 2. The van der Waals surface area contributed by atoms with Gasteiger partial charge in [-0.3, -0.25) is 4.79 Å². The molecule has 3 atom stereocenters. The van der Waals surface area contributed by atoms with Gasteiger partial charge in [-0.15, -0.1) is 0 Å². The number of carbonyl (C=O) groups is 1. The van der Waals surface area contributed by atoms with E-state index in [0.29, 0.717) is 29.3 Å². The maximum absolute atomic E-state index is 12.6. The van der Waals surface area contributed by atoms with Crippen LogP contribution in [0.1, 0.15) is 65.2 Å². The smallest absolute Gasteiger partial charge is 0.222 e. The van der Waals surface area contributed by atoms with E-state index >= 15 is 0 Å². The molecule has 3 aliphatic heterocycles. The summed E-state index contributed by atoms with van der Waals surface area (Å²) in [5.74, 6) is 1.06. The van der Waals surface area contributed by atoms with Crippen LogP contribution < -0.4 is 5.32 Å². The molecule has 20 heavy (non-hydrogen) atoms. The Morgan fingerprint density at radius 1 is 1.30 bits per heavy atom. The van der Waals surface area contributed by atoms with Gasteiger partial charge in [0, 0.05) is 31.6 Å². The van der Waals surface area contributed by atoms with Crippen LogP contribution in [-0.2, 0) is 4.79 Å². The molecular formula is C17H30N2O. The summed E-state index contributed by atoms with van der Waals surface area (Å²) in [6, 6.07) is 1.41. The maximum atomic E-state index is 12.6. The quantitative estimate of drug-likeness (QED) is 0.861. The van der Waals surface area contributed by atoms with Crippen LogP contribution in [0, 0.1) is 11.3 Å². The first kappa shape index (κ1) is 14.4. The summed E-state index contributed by atoms with van der Waals surface area (Å²) in [5.41, 5.74) is 0.362. The van der Waals surface area contributed by atoms with Gasteiger partial charge in [0.1, 0.15) is 0 Å². The number of likely N-dealkylation sites (tertiary alicyclic amines) is 1. The lowest BCUT2D eigenvalue weighted by atomic mass is 9.79. The van der Waals surface area contributed by atoms with Crippen molar-refractivity contribution in [2.75, 3.05) is 13.1 Å². The molecule has 3 nitrogen and oxygen atoms in total. The van der Waals surface area contributed by atoms with Gasteiger partial charge in [-0.25, -0.2) is 0 Å². The molecule has 3 fully saturated rings. The van der Waals surface area contributed by atoms with Crippen LogP contribution >= 0.6 is 0 Å². The lowest BCUT2D eigenvalue weighted by Gasteiger charge is -2.41. The Bertz CT molecular complexity index is 358. The highest BCUT2D eigenvalue weighted by Crippen LogP contribution is 2.35. The van der Waals surface area contributed by atoms with Gasteiger partial charge in [-0.2, -0.15) is 0 Å². The number of nitrogens with one attached hydrogen (secondary N) is 1. The number of fused-ring (bicyclic) bond motifs is 2. The molecule has 0 radical (unpaired) electrons. The van der Waals surface area contributed by atoms with Crippen molar-refractivity contribution in [3.63, 3.8) is 0 Å². The number of amides is 1. The van der Waals surface area contributed by atoms with Gasteiger partial charge in [-0.05, 0) is 56.3 Å². The lowest BCUT2D eigenvalue weighted by molar-refractivity contribution is -0.135. The third-order valence-electron chi connectivity index (χ3n) is 6.02. The Labute approximate surface area is 123 Å². The largest absolute Gasteiger partial charge is 0.342 e. The van der Waals surface area contributed by atoms with Crippen molar-refractivity contribution in [2.45, 2.75) is 77.3 Å². The van der Waals surface area contributed by atoms with Crippen molar-refractivity contribution in [3.05, 3.63) is 0 Å². The molecule has 0 aromatic heterocycles. The van der Waals surface area contributed by atoms with Crippen molar-refractivity contribution in [3.8, 4) is 0 Å². The zero-order chi connectivity index (χ0) is 14.2. The van der Waals surface area contributed by atoms with Crippen molar-refractivity contribution >= 4 is 5.91 Å². The molecule has 3 heteroatoms. The maximum Gasteiger partial charge on any atom is 0.222 e. The van der Waals surface area contributed by atoms with Crippen LogP contribution in [0.15, 0.2) is 0 Å². The van der Waals surface area contributed by atoms with Gasteiger partial charge in [0.25, 0.3) is 0 Å². The van der Waals surface area contributed by atoms with E-state index in [1.165, 1.54) is 44.9 Å². The molecule has 0 aromatic rings. The van der Waals surface area contributed by atoms with E-state index in [0.717, 1.165) is 19.5 Å². The summed E-state index contributed by atoms with van der Waals surface area (Å²) >= 11 is 0. The van der Waals surface area contributed by atoms with E-state index in [-0.39, 0.29) is 0 Å². The SMILES string of the molecule is CCC1(C)CCCN(C(=O)CC2CC3CCC(C2)N3)C1. The summed E-state index contributed by atoms with van der Waals surface area (Å²) in [6.45, 7) is 6.59. The number of rotatable bonds is 3. The van der Waals surface area contributed by atoms with Crippen LogP contribution in [-0.4, -0.2) is 36.0 Å². The molecule has 1 N–H and O–H groups in total. The topological polar surface area (TPSA) is 32.3 Å². The monoisotopic (exact) mass is 278 g/mol. The van der Waals surface area contributed by atoms with E-state index in [2.05, 4.69) is 24.1 Å². The summed E-state index contributed by atoms with van der Waals surface area (Å²) in [4.78, 5) is 14.8. The van der Waals surface area contributed by atoms with E-state index in [1.54, 1.807) is 0 Å². The first-order valence-corrected chi connectivity index (χ1v) is 8.62. The zero-order valence-corrected chi connectivity index (χ0v) is 13.2. The van der Waals surface area contributed by atoms with Gasteiger partial charge in [-0.1, -0.05) is 13.8 Å². The Morgan fingerprint density at radius 2 is 2.00 bits per heavy atom. The van der Waals surface area contributed by atoms with Crippen molar-refractivity contribution in [1.82, 2.24) is 10.2 Å². The molecular weight excluding hydrogens is 248 g/mol. The number of hydrogen-bond donors (Lipinski definition) is 1. The van der Waals surface area contributed by atoms with Crippen molar-refractivity contribution in [1.29, 1.82) is 0 Å². The fourth-order valence-corrected chi connectivity index (χ4v) is 4.53. The molecule has 3 unspecified atom stereocenters. The first-order chi connectivity index (χ1) is 9.58. The lowest BCUT2D eigenvalue weighted by Crippen LogP contribution is -2.46. The highest BCUT2D eigenvalue weighted by Gasteiger charge is 2.36. The average Bonchev–Trinajstić information content (AvgIpc) is 2.78. The van der Waals surface area contributed by atoms with E-state index in [1.807, 2.05) is 0 Å². The molecule has 1 amide bonds. The molecule has 3 aliphatic rings. The second-order valence-electron chi connectivity index (χ2n) is 7.76. The third-order valence-corrected chi connectivity index (χ3v) is 6.02. The standard InChI is InChI=1S/C17H30N2O/c1-3-17(2)7-4-8-19(12-17)16(20)11-13-9-14-5-6-15(10-13)18-14/h13-15,18H,3-12H2,1-2H3. The Kier molecular flexibility index (Phi) is 4.07. The van der Waals surface area contributed by atoms with Gasteiger partial charge in [0.2, 0.25) is 5.91 Å². The molecule has 3 heterocycles. The fourth-order valence-electron chi connectivity index (χ4n) is 4.53. The predicted octanol–water partition coefficient (Wildman–Crippen LogP) is 2.95. The third kappa shape index (κ3) is 3.03. The molecule has 3 saturated heterocycles. The van der Waals surface area contributed by atoms with Gasteiger partial charge in [0.15, 0.2) is 0 Å². The van der Waals surface area contributed by atoms with Gasteiger partial charge >= 0.3 is 0 Å². The summed E-state index contributed by atoms with van der Waals surface area (Å²) in [5, 5.41) is 3.67. The van der Waals surface area contributed by atoms with Crippen molar-refractivity contribution < 1.29 is 4.79 Å².